The van der Waals surface area contributed by atoms with Gasteiger partial charge in [0.15, 0.2) is 0 Å². The minimum Gasteiger partial charge on any atom is -0.493 e. The van der Waals surface area contributed by atoms with Crippen molar-refractivity contribution in [2.75, 3.05) is 19.7 Å². The molecular weight excluding hydrogens is 318 g/mol. The predicted molar refractivity (Wildman–Crippen MR) is 103 cm³/mol. The first-order valence-corrected chi connectivity index (χ1v) is 8.71. The van der Waals surface area contributed by atoms with Crippen molar-refractivity contribution in [1.29, 1.82) is 0 Å². The number of fused-ring (bicyclic) bond motifs is 1. The molecule has 130 valence electrons. The Labute approximate surface area is 152 Å². The van der Waals surface area contributed by atoms with Crippen molar-refractivity contribution in [2.24, 2.45) is 0 Å². The summed E-state index contributed by atoms with van der Waals surface area (Å²) in [6, 6.07) is 15.2. The van der Waals surface area contributed by atoms with E-state index in [0.717, 1.165) is 25.3 Å². The topological polar surface area (TPSA) is 12.5 Å². The number of rotatable bonds is 6. The number of unbranched alkanes of at least 4 members (excludes halogenated alkanes) is 1. The van der Waals surface area contributed by atoms with Crippen LogP contribution in [-0.4, -0.2) is 24.6 Å². The largest absolute Gasteiger partial charge is 0.493 e. The first-order valence-electron chi connectivity index (χ1n) is 8.71. The first kappa shape index (κ1) is 18.8. The quantitative estimate of drug-likeness (QED) is 0.687. The van der Waals surface area contributed by atoms with Crippen LogP contribution in [0, 0.1) is 13.8 Å². The van der Waals surface area contributed by atoms with Crippen molar-refractivity contribution in [3.8, 4) is 5.75 Å². The van der Waals surface area contributed by atoms with Crippen LogP contribution in [0.2, 0.25) is 0 Å². The van der Waals surface area contributed by atoms with Gasteiger partial charge in [-0.25, -0.2) is 0 Å². The van der Waals surface area contributed by atoms with Crippen LogP contribution >= 0.6 is 12.4 Å². The summed E-state index contributed by atoms with van der Waals surface area (Å²) in [5.74, 6) is 1.03. The average molecular weight is 346 g/mol. The van der Waals surface area contributed by atoms with Crippen LogP contribution < -0.4 is 4.74 Å². The molecule has 0 aromatic heterocycles. The number of hydrogen-bond donors (Lipinski definition) is 0. The molecule has 24 heavy (non-hydrogen) atoms. The monoisotopic (exact) mass is 345 g/mol. The maximum absolute atomic E-state index is 5.92. The van der Waals surface area contributed by atoms with E-state index in [1.54, 1.807) is 0 Å². The van der Waals surface area contributed by atoms with E-state index in [4.69, 9.17) is 4.74 Å². The molecular formula is C21H28ClNO. The Bertz CT molecular complexity index is 656. The molecule has 0 unspecified atom stereocenters. The molecule has 1 aliphatic heterocycles. The van der Waals surface area contributed by atoms with E-state index in [9.17, 15) is 0 Å². The summed E-state index contributed by atoms with van der Waals surface area (Å²) >= 11 is 0. The lowest BCUT2D eigenvalue weighted by Crippen LogP contribution is -2.31. The van der Waals surface area contributed by atoms with Crippen molar-refractivity contribution >= 4 is 12.4 Å². The summed E-state index contributed by atoms with van der Waals surface area (Å²) in [5, 5.41) is 0. The van der Waals surface area contributed by atoms with E-state index < -0.39 is 0 Å². The summed E-state index contributed by atoms with van der Waals surface area (Å²) in [6.07, 6.45) is 3.51. The van der Waals surface area contributed by atoms with E-state index in [2.05, 4.69) is 61.2 Å². The predicted octanol–water partition coefficient (Wildman–Crippen LogP) is 4.94. The van der Waals surface area contributed by atoms with Gasteiger partial charge in [0.25, 0.3) is 0 Å². The Kier molecular flexibility index (Phi) is 7.14. The maximum atomic E-state index is 5.92. The van der Waals surface area contributed by atoms with E-state index >= 15 is 0 Å². The van der Waals surface area contributed by atoms with E-state index in [1.165, 1.54) is 48.2 Å². The lowest BCUT2D eigenvalue weighted by molar-refractivity contribution is 0.234. The van der Waals surface area contributed by atoms with Crippen molar-refractivity contribution in [3.63, 3.8) is 0 Å². The molecule has 0 saturated heterocycles. The second-order valence-electron chi connectivity index (χ2n) is 6.62. The number of halogens is 1. The van der Waals surface area contributed by atoms with Crippen molar-refractivity contribution in [3.05, 3.63) is 64.7 Å². The molecule has 0 radical (unpaired) electrons. The normalized spacial score (nSPS) is 13.9. The van der Waals surface area contributed by atoms with Gasteiger partial charge in [-0.15, -0.1) is 12.4 Å². The molecule has 0 aliphatic carbocycles. The van der Waals surface area contributed by atoms with Crippen LogP contribution in [0.25, 0.3) is 0 Å². The Morgan fingerprint density at radius 1 is 1.00 bits per heavy atom. The standard InChI is InChI=1S/C21H27NO.ClH/c1-17-9-10-21(18(2)15-17)23-14-6-5-12-22-13-11-19-7-3-4-8-20(19)16-22;/h3-4,7-10,15H,5-6,11-14,16H2,1-2H3;1H. The van der Waals surface area contributed by atoms with Crippen LogP contribution in [0.15, 0.2) is 42.5 Å². The highest BCUT2D eigenvalue weighted by molar-refractivity contribution is 5.85. The highest BCUT2D eigenvalue weighted by atomic mass is 35.5. The molecule has 0 atom stereocenters. The Morgan fingerprint density at radius 2 is 1.79 bits per heavy atom. The fraction of sp³-hybridized carbons (Fsp3) is 0.429. The fourth-order valence-corrected chi connectivity index (χ4v) is 3.33. The second kappa shape index (κ2) is 9.10. The smallest absolute Gasteiger partial charge is 0.122 e. The Balaban J connectivity index is 0.00000208. The van der Waals surface area contributed by atoms with Gasteiger partial charge < -0.3 is 4.74 Å². The molecule has 0 bridgehead atoms. The molecule has 3 heteroatoms. The fourth-order valence-electron chi connectivity index (χ4n) is 3.33. The molecule has 1 heterocycles. The molecule has 0 N–H and O–H groups in total. The van der Waals surface area contributed by atoms with E-state index in [-0.39, 0.29) is 12.4 Å². The van der Waals surface area contributed by atoms with Crippen molar-refractivity contribution in [1.82, 2.24) is 4.90 Å². The third-order valence-corrected chi connectivity index (χ3v) is 4.67. The van der Waals surface area contributed by atoms with Gasteiger partial charge in [-0.1, -0.05) is 42.0 Å². The van der Waals surface area contributed by atoms with Crippen LogP contribution in [0.4, 0.5) is 0 Å². The lowest BCUT2D eigenvalue weighted by Gasteiger charge is -2.28. The zero-order chi connectivity index (χ0) is 16.1. The molecule has 0 saturated carbocycles. The van der Waals surface area contributed by atoms with Gasteiger partial charge in [0.2, 0.25) is 0 Å². The molecule has 0 amide bonds. The number of benzene rings is 2. The number of ether oxygens (including phenoxy) is 1. The summed E-state index contributed by atoms with van der Waals surface area (Å²) in [4.78, 5) is 2.57. The molecule has 2 aromatic carbocycles. The van der Waals surface area contributed by atoms with Crippen LogP contribution in [0.5, 0.6) is 5.75 Å². The minimum absolute atomic E-state index is 0. The summed E-state index contributed by atoms with van der Waals surface area (Å²) in [6.45, 7) is 8.52. The number of nitrogens with zero attached hydrogens (tertiary/aromatic N) is 1. The summed E-state index contributed by atoms with van der Waals surface area (Å²) in [5.41, 5.74) is 5.56. The highest BCUT2D eigenvalue weighted by Gasteiger charge is 2.14. The van der Waals surface area contributed by atoms with Gasteiger partial charge in [-0.3, -0.25) is 4.90 Å². The van der Waals surface area contributed by atoms with Crippen molar-refractivity contribution < 1.29 is 4.74 Å². The highest BCUT2D eigenvalue weighted by Crippen LogP contribution is 2.20. The van der Waals surface area contributed by atoms with Crippen LogP contribution in [0.3, 0.4) is 0 Å². The first-order chi connectivity index (χ1) is 11.2. The van der Waals surface area contributed by atoms with Gasteiger partial charge in [0.1, 0.15) is 5.75 Å². The van der Waals surface area contributed by atoms with Crippen molar-refractivity contribution in [2.45, 2.75) is 39.7 Å². The Hall–Kier alpha value is -1.51. The summed E-state index contributed by atoms with van der Waals surface area (Å²) in [7, 11) is 0. The minimum atomic E-state index is 0. The molecule has 3 rings (SSSR count). The lowest BCUT2D eigenvalue weighted by atomic mass is 10.00. The number of aryl methyl sites for hydroxylation is 2. The van der Waals surface area contributed by atoms with Gasteiger partial charge in [0.05, 0.1) is 6.61 Å². The second-order valence-corrected chi connectivity index (χ2v) is 6.62. The number of hydrogen-bond acceptors (Lipinski definition) is 2. The molecule has 1 aliphatic rings. The summed E-state index contributed by atoms with van der Waals surface area (Å²) < 4.78 is 5.92. The SMILES string of the molecule is Cc1ccc(OCCCCN2CCc3ccccc3C2)c(C)c1.Cl. The van der Waals surface area contributed by atoms with E-state index in [0.29, 0.717) is 0 Å². The zero-order valence-corrected chi connectivity index (χ0v) is 15.6. The van der Waals surface area contributed by atoms with Crippen LogP contribution in [0.1, 0.15) is 35.1 Å². The Morgan fingerprint density at radius 3 is 2.58 bits per heavy atom. The molecule has 0 spiro atoms. The molecule has 0 fully saturated rings. The van der Waals surface area contributed by atoms with Gasteiger partial charge in [0, 0.05) is 13.1 Å². The van der Waals surface area contributed by atoms with Gasteiger partial charge >= 0.3 is 0 Å². The van der Waals surface area contributed by atoms with Crippen LogP contribution in [-0.2, 0) is 13.0 Å². The van der Waals surface area contributed by atoms with E-state index in [1.807, 2.05) is 0 Å². The van der Waals surface area contributed by atoms with Gasteiger partial charge in [-0.2, -0.15) is 0 Å². The average Bonchev–Trinajstić information content (AvgIpc) is 2.56. The van der Waals surface area contributed by atoms with Gasteiger partial charge in [-0.05, 0) is 62.4 Å². The third-order valence-electron chi connectivity index (χ3n) is 4.67. The third kappa shape index (κ3) is 4.99. The maximum Gasteiger partial charge on any atom is 0.122 e. The zero-order valence-electron chi connectivity index (χ0n) is 14.8. The molecule has 2 aromatic rings. The molecule has 2 nitrogen and oxygen atoms in total.